The summed E-state index contributed by atoms with van der Waals surface area (Å²) in [4.78, 5) is 22.3. The lowest BCUT2D eigenvalue weighted by molar-refractivity contribution is -0.139. The summed E-state index contributed by atoms with van der Waals surface area (Å²) >= 11 is 5.44. The molecule has 0 bridgehead atoms. The van der Waals surface area contributed by atoms with Gasteiger partial charge in [-0.05, 0) is 24.6 Å². The summed E-state index contributed by atoms with van der Waals surface area (Å²) in [5, 5.41) is 12.5. The SMILES string of the molecule is CC[C@H](NC(=O)Nc1ccc(Cl)c(C(F)(F)F)c1)C(=O)O. The van der Waals surface area contributed by atoms with Crippen LogP contribution in [0.4, 0.5) is 23.7 Å². The van der Waals surface area contributed by atoms with Crippen LogP contribution < -0.4 is 10.6 Å². The second-order valence-corrected chi connectivity index (χ2v) is 4.50. The molecule has 3 N–H and O–H groups in total. The minimum atomic E-state index is -4.65. The number of amides is 2. The quantitative estimate of drug-likeness (QED) is 0.794. The van der Waals surface area contributed by atoms with E-state index in [0.29, 0.717) is 6.07 Å². The van der Waals surface area contributed by atoms with Crippen LogP contribution in [0.5, 0.6) is 0 Å². The standard InChI is InChI=1S/C12H12ClF3N2O3/c1-2-9(10(19)20)18-11(21)17-6-3-4-8(13)7(5-6)12(14,15)16/h3-5,9H,2H2,1H3,(H,19,20)(H2,17,18,21)/t9-/m0/s1. The van der Waals surface area contributed by atoms with Gasteiger partial charge in [0.1, 0.15) is 6.04 Å². The summed E-state index contributed by atoms with van der Waals surface area (Å²) in [5.74, 6) is -1.24. The van der Waals surface area contributed by atoms with Crippen LogP contribution in [0.2, 0.25) is 5.02 Å². The van der Waals surface area contributed by atoms with Crippen LogP contribution >= 0.6 is 11.6 Å². The first kappa shape index (κ1) is 17.1. The number of hydrogen-bond acceptors (Lipinski definition) is 2. The molecule has 0 saturated carbocycles. The summed E-state index contributed by atoms with van der Waals surface area (Å²) < 4.78 is 37.9. The van der Waals surface area contributed by atoms with Gasteiger partial charge >= 0.3 is 18.2 Å². The Kier molecular flexibility index (Phi) is 5.42. The molecule has 0 aliphatic rings. The van der Waals surface area contributed by atoms with Gasteiger partial charge < -0.3 is 15.7 Å². The zero-order valence-corrected chi connectivity index (χ0v) is 11.5. The van der Waals surface area contributed by atoms with Crippen LogP contribution in [0.15, 0.2) is 18.2 Å². The molecule has 116 valence electrons. The number of anilines is 1. The van der Waals surface area contributed by atoms with E-state index in [-0.39, 0.29) is 12.1 Å². The number of carboxylic acid groups (broad SMARTS) is 1. The van der Waals surface area contributed by atoms with Gasteiger partial charge in [-0.2, -0.15) is 13.2 Å². The van der Waals surface area contributed by atoms with Gasteiger partial charge in [0.25, 0.3) is 0 Å². The molecule has 2 amide bonds. The number of urea groups is 1. The van der Waals surface area contributed by atoms with Crippen molar-refractivity contribution in [3.05, 3.63) is 28.8 Å². The Morgan fingerprint density at radius 3 is 2.48 bits per heavy atom. The number of carbonyl (C=O) groups is 2. The minimum Gasteiger partial charge on any atom is -0.480 e. The van der Waals surface area contributed by atoms with Gasteiger partial charge in [-0.1, -0.05) is 18.5 Å². The molecule has 0 aliphatic carbocycles. The second-order valence-electron chi connectivity index (χ2n) is 4.09. The molecule has 21 heavy (non-hydrogen) atoms. The Balaban J connectivity index is 2.84. The average Bonchev–Trinajstić information content (AvgIpc) is 2.36. The molecule has 1 atom stereocenters. The highest BCUT2D eigenvalue weighted by atomic mass is 35.5. The summed E-state index contributed by atoms with van der Waals surface area (Å²) in [5.41, 5.74) is -1.24. The van der Waals surface area contributed by atoms with E-state index in [9.17, 15) is 22.8 Å². The van der Waals surface area contributed by atoms with Crippen molar-refractivity contribution in [3.63, 3.8) is 0 Å². The fourth-order valence-corrected chi connectivity index (χ4v) is 1.71. The van der Waals surface area contributed by atoms with E-state index < -0.39 is 34.8 Å². The van der Waals surface area contributed by atoms with Crippen LogP contribution in [0.3, 0.4) is 0 Å². The third-order valence-corrected chi connectivity index (χ3v) is 2.87. The number of alkyl halides is 3. The highest BCUT2D eigenvalue weighted by Gasteiger charge is 2.33. The largest absolute Gasteiger partial charge is 0.480 e. The minimum absolute atomic E-state index is 0.136. The number of halogens is 4. The van der Waals surface area contributed by atoms with Crippen LogP contribution in [0.25, 0.3) is 0 Å². The lowest BCUT2D eigenvalue weighted by atomic mass is 10.2. The molecular weight excluding hydrogens is 313 g/mol. The van der Waals surface area contributed by atoms with E-state index in [4.69, 9.17) is 16.7 Å². The normalized spacial score (nSPS) is 12.6. The molecule has 9 heteroatoms. The van der Waals surface area contributed by atoms with Gasteiger partial charge in [0.2, 0.25) is 0 Å². The number of carboxylic acids is 1. The number of carbonyl (C=O) groups excluding carboxylic acids is 1. The smallest absolute Gasteiger partial charge is 0.417 e. The molecule has 0 radical (unpaired) electrons. The van der Waals surface area contributed by atoms with Crippen molar-refractivity contribution in [1.82, 2.24) is 5.32 Å². The lowest BCUT2D eigenvalue weighted by Crippen LogP contribution is -2.42. The van der Waals surface area contributed by atoms with E-state index in [2.05, 4.69) is 10.6 Å². The number of nitrogens with one attached hydrogen (secondary N) is 2. The predicted molar refractivity (Wildman–Crippen MR) is 70.3 cm³/mol. The zero-order valence-electron chi connectivity index (χ0n) is 10.8. The molecule has 0 heterocycles. The lowest BCUT2D eigenvalue weighted by Gasteiger charge is -2.15. The topological polar surface area (TPSA) is 78.4 Å². The molecular formula is C12H12ClF3N2O3. The summed E-state index contributed by atoms with van der Waals surface area (Å²) in [6.45, 7) is 1.54. The van der Waals surface area contributed by atoms with Crippen LogP contribution in [-0.4, -0.2) is 23.1 Å². The van der Waals surface area contributed by atoms with Gasteiger partial charge in [-0.15, -0.1) is 0 Å². The molecule has 0 aromatic heterocycles. The van der Waals surface area contributed by atoms with E-state index in [1.807, 2.05) is 0 Å². The van der Waals surface area contributed by atoms with Crippen molar-refractivity contribution >= 4 is 29.3 Å². The van der Waals surface area contributed by atoms with E-state index in [1.54, 1.807) is 6.92 Å². The molecule has 0 unspecified atom stereocenters. The zero-order chi connectivity index (χ0) is 16.2. The maximum absolute atomic E-state index is 12.6. The van der Waals surface area contributed by atoms with Crippen molar-refractivity contribution in [1.29, 1.82) is 0 Å². The summed E-state index contributed by atoms with van der Waals surface area (Å²) in [6.07, 6.45) is -4.52. The fraction of sp³-hybridized carbons (Fsp3) is 0.333. The number of hydrogen-bond donors (Lipinski definition) is 3. The molecule has 0 saturated heterocycles. The van der Waals surface area contributed by atoms with Gasteiger partial charge in [0.05, 0.1) is 10.6 Å². The number of rotatable bonds is 4. The predicted octanol–water partition coefficient (Wildman–Crippen LogP) is 3.34. The average molecular weight is 325 g/mol. The van der Waals surface area contributed by atoms with Gasteiger partial charge in [0, 0.05) is 5.69 Å². The molecule has 1 aromatic carbocycles. The maximum Gasteiger partial charge on any atom is 0.417 e. The Hall–Kier alpha value is -1.96. The van der Waals surface area contributed by atoms with Crippen molar-refractivity contribution in [2.75, 3.05) is 5.32 Å². The Morgan fingerprint density at radius 2 is 2.00 bits per heavy atom. The van der Waals surface area contributed by atoms with Crippen molar-refractivity contribution < 1.29 is 27.9 Å². The molecule has 0 aliphatic heterocycles. The van der Waals surface area contributed by atoms with Gasteiger partial charge in [-0.25, -0.2) is 9.59 Å². The summed E-state index contributed by atoms with van der Waals surface area (Å²) in [6, 6.07) is 0.802. The second kappa shape index (κ2) is 6.66. The van der Waals surface area contributed by atoms with Crippen LogP contribution in [-0.2, 0) is 11.0 Å². The van der Waals surface area contributed by atoms with E-state index in [1.165, 1.54) is 6.07 Å². The third kappa shape index (κ3) is 4.82. The van der Waals surface area contributed by atoms with Gasteiger partial charge in [-0.3, -0.25) is 0 Å². The number of aliphatic carboxylic acids is 1. The third-order valence-electron chi connectivity index (χ3n) is 2.54. The number of benzene rings is 1. The fourth-order valence-electron chi connectivity index (χ4n) is 1.48. The summed E-state index contributed by atoms with van der Waals surface area (Å²) in [7, 11) is 0. The molecule has 0 fully saturated rings. The van der Waals surface area contributed by atoms with Crippen molar-refractivity contribution in [3.8, 4) is 0 Å². The van der Waals surface area contributed by atoms with Crippen molar-refractivity contribution in [2.24, 2.45) is 0 Å². The first-order valence-electron chi connectivity index (χ1n) is 5.82. The Labute approximate surface area is 123 Å². The highest BCUT2D eigenvalue weighted by Crippen LogP contribution is 2.36. The maximum atomic E-state index is 12.6. The monoisotopic (exact) mass is 324 g/mol. The van der Waals surface area contributed by atoms with Gasteiger partial charge in [0.15, 0.2) is 0 Å². The Morgan fingerprint density at radius 1 is 1.38 bits per heavy atom. The molecule has 5 nitrogen and oxygen atoms in total. The van der Waals surface area contributed by atoms with Crippen molar-refractivity contribution in [2.45, 2.75) is 25.6 Å². The van der Waals surface area contributed by atoms with Crippen LogP contribution in [0.1, 0.15) is 18.9 Å². The molecule has 1 aromatic rings. The molecule has 0 spiro atoms. The molecule has 1 rings (SSSR count). The van der Waals surface area contributed by atoms with E-state index >= 15 is 0 Å². The first-order valence-corrected chi connectivity index (χ1v) is 6.20. The first-order chi connectivity index (χ1) is 9.65. The highest BCUT2D eigenvalue weighted by molar-refractivity contribution is 6.31. The van der Waals surface area contributed by atoms with E-state index in [0.717, 1.165) is 6.07 Å². The Bertz CT molecular complexity index is 549. The van der Waals surface area contributed by atoms with Crippen LogP contribution in [0, 0.1) is 0 Å².